The van der Waals surface area contributed by atoms with Gasteiger partial charge in [0.25, 0.3) is 0 Å². The van der Waals surface area contributed by atoms with Crippen LogP contribution in [-0.2, 0) is 11.3 Å². The first-order chi connectivity index (χ1) is 12.0. The molecule has 2 aliphatic heterocycles. The summed E-state index contributed by atoms with van der Waals surface area (Å²) in [6.45, 7) is 7.87. The van der Waals surface area contributed by atoms with Crippen molar-refractivity contribution >= 4 is 11.7 Å². The van der Waals surface area contributed by atoms with Crippen LogP contribution in [0, 0.1) is 0 Å². The summed E-state index contributed by atoms with van der Waals surface area (Å²) in [5, 5.41) is 12.8. The van der Waals surface area contributed by atoms with E-state index in [-0.39, 0.29) is 18.2 Å². The average molecular weight is 347 g/mol. The van der Waals surface area contributed by atoms with Gasteiger partial charge in [0.15, 0.2) is 0 Å². The number of urea groups is 1. The Morgan fingerprint density at radius 2 is 1.96 bits per heavy atom. The van der Waals surface area contributed by atoms with Gasteiger partial charge in [0.1, 0.15) is 0 Å². The van der Waals surface area contributed by atoms with Crippen LogP contribution in [0.15, 0.2) is 24.3 Å². The zero-order valence-corrected chi connectivity index (χ0v) is 15.1. The molecule has 0 aliphatic carbocycles. The van der Waals surface area contributed by atoms with Crippen molar-refractivity contribution in [3.05, 3.63) is 29.8 Å². The van der Waals surface area contributed by atoms with E-state index in [1.54, 1.807) is 4.90 Å². The molecule has 25 heavy (non-hydrogen) atoms. The lowest BCUT2D eigenvalue weighted by Gasteiger charge is -2.35. The molecule has 3 atom stereocenters. The van der Waals surface area contributed by atoms with Crippen LogP contribution in [0.4, 0.5) is 10.5 Å². The Balaban J connectivity index is 1.65. The first kappa shape index (κ1) is 18.2. The van der Waals surface area contributed by atoms with Gasteiger partial charge in [0.2, 0.25) is 0 Å². The number of benzene rings is 1. The molecule has 2 amide bonds. The second-order valence-corrected chi connectivity index (χ2v) is 7.28. The van der Waals surface area contributed by atoms with E-state index < -0.39 is 6.10 Å². The van der Waals surface area contributed by atoms with Gasteiger partial charge >= 0.3 is 6.03 Å². The molecular formula is C19H29N3O3. The highest BCUT2D eigenvalue weighted by molar-refractivity contribution is 5.90. The minimum atomic E-state index is -0.411. The summed E-state index contributed by atoms with van der Waals surface area (Å²) in [5.74, 6) is 0. The fraction of sp³-hybridized carbons (Fsp3) is 0.632. The lowest BCUT2D eigenvalue weighted by atomic mass is 10.1. The van der Waals surface area contributed by atoms with E-state index >= 15 is 0 Å². The number of rotatable bonds is 3. The Morgan fingerprint density at radius 3 is 2.68 bits per heavy atom. The average Bonchev–Trinajstić information content (AvgIpc) is 2.55. The second-order valence-electron chi connectivity index (χ2n) is 7.28. The van der Waals surface area contributed by atoms with Crippen LogP contribution in [0.3, 0.4) is 0 Å². The molecule has 0 unspecified atom stereocenters. The van der Waals surface area contributed by atoms with Crippen molar-refractivity contribution in [2.75, 3.05) is 31.5 Å². The smallest absolute Gasteiger partial charge is 0.321 e. The number of ether oxygens (including phenoxy) is 1. The monoisotopic (exact) mass is 347 g/mol. The Hall–Kier alpha value is -1.63. The zero-order valence-electron chi connectivity index (χ0n) is 15.1. The number of amides is 2. The number of aliphatic hydroxyl groups excluding tert-OH is 1. The van der Waals surface area contributed by atoms with Crippen molar-refractivity contribution in [1.29, 1.82) is 0 Å². The van der Waals surface area contributed by atoms with Crippen molar-refractivity contribution in [3.63, 3.8) is 0 Å². The van der Waals surface area contributed by atoms with E-state index in [0.29, 0.717) is 13.1 Å². The zero-order chi connectivity index (χ0) is 17.8. The van der Waals surface area contributed by atoms with Gasteiger partial charge in [-0.1, -0.05) is 18.2 Å². The molecule has 6 nitrogen and oxygen atoms in total. The summed E-state index contributed by atoms with van der Waals surface area (Å²) in [7, 11) is 0. The summed E-state index contributed by atoms with van der Waals surface area (Å²) in [4.78, 5) is 16.6. The second kappa shape index (κ2) is 8.17. The largest absolute Gasteiger partial charge is 0.391 e. The predicted molar refractivity (Wildman–Crippen MR) is 97.6 cm³/mol. The molecule has 2 aliphatic rings. The third-order valence-corrected chi connectivity index (χ3v) is 4.83. The Labute approximate surface area is 149 Å². The first-order valence-electron chi connectivity index (χ1n) is 9.21. The lowest BCUT2D eigenvalue weighted by Crippen LogP contribution is -2.45. The Kier molecular flexibility index (Phi) is 5.93. The number of nitrogens with one attached hydrogen (secondary N) is 1. The molecule has 0 saturated carbocycles. The van der Waals surface area contributed by atoms with Crippen molar-refractivity contribution in [3.8, 4) is 0 Å². The molecule has 3 rings (SSSR count). The maximum Gasteiger partial charge on any atom is 0.321 e. The van der Waals surface area contributed by atoms with Crippen LogP contribution < -0.4 is 5.32 Å². The topological polar surface area (TPSA) is 65.0 Å². The number of anilines is 1. The lowest BCUT2D eigenvalue weighted by molar-refractivity contribution is -0.0704. The summed E-state index contributed by atoms with van der Waals surface area (Å²) < 4.78 is 5.80. The summed E-state index contributed by atoms with van der Waals surface area (Å²) in [6, 6.07) is 7.82. The van der Waals surface area contributed by atoms with Crippen LogP contribution in [0.1, 0.15) is 32.3 Å². The number of aliphatic hydroxyl groups is 1. The minimum absolute atomic E-state index is 0.130. The molecule has 0 radical (unpaired) electrons. The molecule has 0 bridgehead atoms. The number of hydrogen-bond donors (Lipinski definition) is 2. The van der Waals surface area contributed by atoms with Crippen molar-refractivity contribution < 1.29 is 14.6 Å². The van der Waals surface area contributed by atoms with E-state index in [4.69, 9.17) is 4.74 Å². The van der Waals surface area contributed by atoms with Gasteiger partial charge in [-0.2, -0.15) is 0 Å². The van der Waals surface area contributed by atoms with Gasteiger partial charge in [-0.3, -0.25) is 4.90 Å². The maximum atomic E-state index is 12.5. The quantitative estimate of drug-likeness (QED) is 0.880. The van der Waals surface area contributed by atoms with E-state index in [0.717, 1.165) is 43.7 Å². The van der Waals surface area contributed by atoms with E-state index in [2.05, 4.69) is 30.1 Å². The van der Waals surface area contributed by atoms with Crippen LogP contribution in [0.25, 0.3) is 0 Å². The van der Waals surface area contributed by atoms with E-state index in [1.807, 2.05) is 18.2 Å². The number of piperidine rings is 1. The van der Waals surface area contributed by atoms with E-state index in [9.17, 15) is 9.90 Å². The fourth-order valence-electron chi connectivity index (χ4n) is 3.77. The highest BCUT2D eigenvalue weighted by Gasteiger charge is 2.24. The maximum absolute atomic E-state index is 12.5. The molecule has 2 fully saturated rings. The molecule has 1 aromatic carbocycles. The summed E-state index contributed by atoms with van der Waals surface area (Å²) in [5.41, 5.74) is 1.95. The Bertz CT molecular complexity index is 585. The molecule has 2 saturated heterocycles. The number of carbonyl (C=O) groups excluding carboxylic acids is 1. The van der Waals surface area contributed by atoms with Gasteiger partial charge in [-0.15, -0.1) is 0 Å². The normalized spacial score (nSPS) is 28.0. The third kappa shape index (κ3) is 4.93. The standard InChI is InChI=1S/C19H29N3O3/c1-14-10-21(11-15(2)25-14)12-16-6-3-4-8-18(16)20-19(24)22-9-5-7-17(23)13-22/h3-4,6,8,14-15,17,23H,5,7,9-13H2,1-2H3,(H,20,24)/t14-,15+,17-/m1/s1. The number of hydrogen-bond acceptors (Lipinski definition) is 4. The first-order valence-corrected chi connectivity index (χ1v) is 9.21. The molecule has 138 valence electrons. The van der Waals surface area contributed by atoms with Gasteiger partial charge in [-0.05, 0) is 38.3 Å². The van der Waals surface area contributed by atoms with Crippen LogP contribution >= 0.6 is 0 Å². The molecular weight excluding hydrogens is 318 g/mol. The number of para-hydroxylation sites is 1. The van der Waals surface area contributed by atoms with Crippen molar-refractivity contribution in [1.82, 2.24) is 9.80 Å². The van der Waals surface area contributed by atoms with Gasteiger partial charge < -0.3 is 20.1 Å². The molecule has 0 aromatic heterocycles. The third-order valence-electron chi connectivity index (χ3n) is 4.83. The van der Waals surface area contributed by atoms with Crippen LogP contribution in [0.5, 0.6) is 0 Å². The van der Waals surface area contributed by atoms with Gasteiger partial charge in [0.05, 0.1) is 18.3 Å². The summed E-state index contributed by atoms with van der Waals surface area (Å²) >= 11 is 0. The molecule has 2 heterocycles. The summed E-state index contributed by atoms with van der Waals surface area (Å²) in [6.07, 6.45) is 1.65. The number of β-amino-alcohol motifs (C(OH)–C–C–N with tert-alkyl or cyclic N) is 1. The SMILES string of the molecule is C[C@@H]1CN(Cc2ccccc2NC(=O)N2CCC[C@@H](O)C2)C[C@H](C)O1. The predicted octanol–water partition coefficient (Wildman–Crippen LogP) is 2.28. The number of morpholine rings is 1. The van der Waals surface area contributed by atoms with Gasteiger partial charge in [-0.25, -0.2) is 4.79 Å². The van der Waals surface area contributed by atoms with Crippen molar-refractivity contribution in [2.24, 2.45) is 0 Å². The highest BCUT2D eigenvalue weighted by atomic mass is 16.5. The minimum Gasteiger partial charge on any atom is -0.391 e. The number of carbonyl (C=O) groups is 1. The van der Waals surface area contributed by atoms with E-state index in [1.165, 1.54) is 0 Å². The van der Waals surface area contributed by atoms with Crippen LogP contribution in [0.2, 0.25) is 0 Å². The number of nitrogens with zero attached hydrogens (tertiary/aromatic N) is 2. The van der Waals surface area contributed by atoms with Gasteiger partial charge in [0, 0.05) is 38.4 Å². The fourth-order valence-corrected chi connectivity index (χ4v) is 3.77. The Morgan fingerprint density at radius 1 is 1.24 bits per heavy atom. The van der Waals surface area contributed by atoms with Crippen molar-refractivity contribution in [2.45, 2.75) is 51.5 Å². The highest BCUT2D eigenvalue weighted by Crippen LogP contribution is 2.21. The molecule has 6 heteroatoms. The molecule has 2 N–H and O–H groups in total. The molecule has 0 spiro atoms. The number of likely N-dealkylation sites (tertiary alicyclic amines) is 1. The van der Waals surface area contributed by atoms with Crippen LogP contribution in [-0.4, -0.2) is 65.4 Å². The molecule has 1 aromatic rings.